The number of halogens is 1. The van der Waals surface area contributed by atoms with E-state index in [1.54, 1.807) is 29.1 Å². The first-order chi connectivity index (χ1) is 12.2. The van der Waals surface area contributed by atoms with Crippen molar-refractivity contribution in [2.24, 2.45) is 0 Å². The molecule has 130 valence electrons. The van der Waals surface area contributed by atoms with Gasteiger partial charge in [-0.3, -0.25) is 4.79 Å². The number of anilines is 1. The second kappa shape index (κ2) is 7.69. The third kappa shape index (κ3) is 4.09. The molecule has 0 amide bonds. The molecule has 2 aromatic heterocycles. The van der Waals surface area contributed by atoms with Gasteiger partial charge in [-0.25, -0.2) is 9.37 Å². The van der Waals surface area contributed by atoms with Gasteiger partial charge in [-0.15, -0.1) is 0 Å². The van der Waals surface area contributed by atoms with Crippen LogP contribution in [-0.2, 0) is 13.0 Å². The maximum absolute atomic E-state index is 12.9. The van der Waals surface area contributed by atoms with E-state index in [1.165, 1.54) is 12.1 Å². The fourth-order valence-corrected chi connectivity index (χ4v) is 2.34. The molecule has 25 heavy (non-hydrogen) atoms. The van der Waals surface area contributed by atoms with Gasteiger partial charge in [0.25, 0.3) is 5.56 Å². The van der Waals surface area contributed by atoms with Crippen molar-refractivity contribution in [3.63, 3.8) is 0 Å². The van der Waals surface area contributed by atoms with Gasteiger partial charge in [-0.2, -0.15) is 4.98 Å². The highest BCUT2D eigenvalue weighted by atomic mass is 19.1. The maximum atomic E-state index is 12.9. The Hall–Kier alpha value is -3.03. The van der Waals surface area contributed by atoms with Gasteiger partial charge < -0.3 is 14.4 Å². The smallest absolute Gasteiger partial charge is 0.293 e. The quantitative estimate of drug-likeness (QED) is 0.663. The Morgan fingerprint density at radius 3 is 2.84 bits per heavy atom. The van der Waals surface area contributed by atoms with E-state index in [2.05, 4.69) is 20.4 Å². The van der Waals surface area contributed by atoms with Crippen LogP contribution in [0.15, 0.2) is 46.0 Å². The highest BCUT2D eigenvalue weighted by molar-refractivity contribution is 5.53. The summed E-state index contributed by atoms with van der Waals surface area (Å²) in [5.74, 6) is 0.948. The van der Waals surface area contributed by atoms with Gasteiger partial charge in [-0.05, 0) is 37.6 Å². The summed E-state index contributed by atoms with van der Waals surface area (Å²) in [6, 6.07) is 5.91. The molecular weight excluding hydrogens is 325 g/mol. The lowest BCUT2D eigenvalue weighted by atomic mass is 10.2. The minimum absolute atomic E-state index is 0.138. The minimum Gasteiger partial charge on any atom is -0.365 e. The topological polar surface area (TPSA) is 85.8 Å². The average Bonchev–Trinajstić information content (AvgIpc) is 3.09. The molecule has 0 atom stereocenters. The first-order valence-electron chi connectivity index (χ1n) is 8.05. The highest BCUT2D eigenvalue weighted by Gasteiger charge is 2.09. The van der Waals surface area contributed by atoms with E-state index in [0.717, 1.165) is 0 Å². The van der Waals surface area contributed by atoms with Gasteiger partial charge in [0, 0.05) is 37.5 Å². The molecule has 1 N–H and O–H groups in total. The Morgan fingerprint density at radius 2 is 2.08 bits per heavy atom. The second-order valence-corrected chi connectivity index (χ2v) is 5.42. The predicted octanol–water partition coefficient (Wildman–Crippen LogP) is 2.50. The third-order valence-corrected chi connectivity index (χ3v) is 3.68. The third-order valence-electron chi connectivity index (χ3n) is 3.68. The van der Waals surface area contributed by atoms with Gasteiger partial charge in [0.05, 0.1) is 0 Å². The molecule has 2 heterocycles. The molecule has 0 saturated carbocycles. The van der Waals surface area contributed by atoms with Gasteiger partial charge in [0.2, 0.25) is 11.7 Å². The number of hydrogen-bond acceptors (Lipinski definition) is 6. The summed E-state index contributed by atoms with van der Waals surface area (Å²) in [5, 5.41) is 6.92. The van der Waals surface area contributed by atoms with Crippen LogP contribution in [-0.4, -0.2) is 26.2 Å². The Labute approximate surface area is 143 Å². The summed E-state index contributed by atoms with van der Waals surface area (Å²) < 4.78 is 19.7. The van der Waals surface area contributed by atoms with E-state index in [9.17, 15) is 9.18 Å². The van der Waals surface area contributed by atoms with E-state index in [1.807, 2.05) is 6.92 Å². The van der Waals surface area contributed by atoms with Crippen molar-refractivity contribution in [3.05, 3.63) is 58.7 Å². The molecule has 1 aromatic carbocycles. The Bertz CT molecular complexity index is 889. The van der Waals surface area contributed by atoms with Gasteiger partial charge >= 0.3 is 0 Å². The zero-order valence-corrected chi connectivity index (χ0v) is 13.8. The fraction of sp³-hybridized carbons (Fsp3) is 0.294. The summed E-state index contributed by atoms with van der Waals surface area (Å²) in [4.78, 5) is 20.4. The van der Waals surface area contributed by atoms with Crippen molar-refractivity contribution < 1.29 is 8.91 Å². The largest absolute Gasteiger partial charge is 0.365 e. The van der Waals surface area contributed by atoms with Crippen molar-refractivity contribution in [1.82, 2.24) is 19.7 Å². The van der Waals surface area contributed by atoms with Crippen LogP contribution in [0.4, 0.5) is 10.2 Å². The van der Waals surface area contributed by atoms with Crippen LogP contribution in [0.3, 0.4) is 0 Å². The second-order valence-electron chi connectivity index (χ2n) is 5.42. The summed E-state index contributed by atoms with van der Waals surface area (Å²) >= 11 is 0. The van der Waals surface area contributed by atoms with E-state index in [-0.39, 0.29) is 11.4 Å². The summed E-state index contributed by atoms with van der Waals surface area (Å²) in [6.45, 7) is 3.06. The average molecular weight is 343 g/mol. The summed E-state index contributed by atoms with van der Waals surface area (Å²) in [7, 11) is 0. The first-order valence-corrected chi connectivity index (χ1v) is 8.05. The van der Waals surface area contributed by atoms with Crippen LogP contribution in [0, 0.1) is 5.82 Å². The number of benzene rings is 1. The van der Waals surface area contributed by atoms with E-state index < -0.39 is 0 Å². The number of aryl methyl sites for hydroxylation is 2. The molecule has 0 unspecified atom stereocenters. The number of nitrogens with one attached hydrogen (secondary N) is 1. The van der Waals surface area contributed by atoms with Crippen LogP contribution in [0.25, 0.3) is 11.4 Å². The van der Waals surface area contributed by atoms with Crippen molar-refractivity contribution in [3.8, 4) is 11.4 Å². The summed E-state index contributed by atoms with van der Waals surface area (Å²) in [5.41, 5.74) is 0.560. The monoisotopic (exact) mass is 343 g/mol. The van der Waals surface area contributed by atoms with Gasteiger partial charge in [0.1, 0.15) is 5.82 Å². The molecule has 3 aromatic rings. The molecular formula is C17H18FN5O2. The van der Waals surface area contributed by atoms with E-state index in [0.29, 0.717) is 49.0 Å². The van der Waals surface area contributed by atoms with Gasteiger partial charge in [0.15, 0.2) is 5.82 Å². The van der Waals surface area contributed by atoms with Crippen molar-refractivity contribution in [2.45, 2.75) is 26.3 Å². The Morgan fingerprint density at radius 1 is 1.28 bits per heavy atom. The number of nitrogens with zero attached hydrogens (tertiary/aromatic N) is 4. The number of rotatable bonds is 7. The molecule has 0 aliphatic heterocycles. The highest BCUT2D eigenvalue weighted by Crippen LogP contribution is 2.16. The molecule has 0 aliphatic rings. The zero-order chi connectivity index (χ0) is 17.6. The standard InChI is InChI=1S/C17H18FN5O2/c1-2-23-11-10-20-16(17(23)24)19-9-3-4-14-21-15(22-25-14)12-5-7-13(18)8-6-12/h5-8,10-11H,2-4,9H2,1H3,(H,19,20). The van der Waals surface area contributed by atoms with E-state index >= 15 is 0 Å². The molecule has 0 fully saturated rings. The molecule has 0 radical (unpaired) electrons. The Kier molecular flexibility index (Phi) is 5.17. The van der Waals surface area contributed by atoms with Crippen LogP contribution in [0.1, 0.15) is 19.2 Å². The van der Waals surface area contributed by atoms with Gasteiger partial charge in [-0.1, -0.05) is 5.16 Å². The fourth-order valence-electron chi connectivity index (χ4n) is 2.34. The number of hydrogen-bond donors (Lipinski definition) is 1. The van der Waals surface area contributed by atoms with Crippen LogP contribution in [0.2, 0.25) is 0 Å². The van der Waals surface area contributed by atoms with Crippen LogP contribution >= 0.6 is 0 Å². The SMILES string of the molecule is CCn1ccnc(NCCCc2nc(-c3ccc(F)cc3)no2)c1=O. The van der Waals surface area contributed by atoms with Crippen LogP contribution < -0.4 is 10.9 Å². The predicted molar refractivity (Wildman–Crippen MR) is 90.7 cm³/mol. The van der Waals surface area contributed by atoms with Crippen molar-refractivity contribution >= 4 is 5.82 Å². The Balaban J connectivity index is 1.53. The molecule has 8 heteroatoms. The van der Waals surface area contributed by atoms with E-state index in [4.69, 9.17) is 4.52 Å². The zero-order valence-electron chi connectivity index (χ0n) is 13.8. The normalized spacial score (nSPS) is 10.8. The molecule has 0 saturated heterocycles. The minimum atomic E-state index is -0.310. The van der Waals surface area contributed by atoms with Crippen molar-refractivity contribution in [2.75, 3.05) is 11.9 Å². The first kappa shape index (κ1) is 16.8. The summed E-state index contributed by atoms with van der Waals surface area (Å²) in [6.07, 6.45) is 4.52. The molecule has 0 aliphatic carbocycles. The number of aromatic nitrogens is 4. The lowest BCUT2D eigenvalue weighted by Crippen LogP contribution is -2.24. The van der Waals surface area contributed by atoms with Crippen LogP contribution in [0.5, 0.6) is 0 Å². The molecule has 3 rings (SSSR count). The molecule has 0 bridgehead atoms. The molecule has 7 nitrogen and oxygen atoms in total. The lowest BCUT2D eigenvalue weighted by Gasteiger charge is -2.06. The molecule has 0 spiro atoms. The maximum Gasteiger partial charge on any atom is 0.293 e. The lowest BCUT2D eigenvalue weighted by molar-refractivity contribution is 0.377. The van der Waals surface area contributed by atoms with Crippen molar-refractivity contribution in [1.29, 1.82) is 0 Å².